The number of nitrogens with zero attached hydrogens (tertiary/aromatic N) is 2. The van der Waals surface area contributed by atoms with E-state index in [1.54, 1.807) is 19.1 Å². The third-order valence-corrected chi connectivity index (χ3v) is 7.11. The molecule has 158 valence electrons. The number of thioether (sulfide) groups is 1. The highest BCUT2D eigenvalue weighted by Crippen LogP contribution is 2.32. The number of rotatable bonds is 6. The standard InChI is InChI=1S/C19H16Cl2FN3O3S2/c1-3-29-17-6-4-5-15(21)18(17)30(27,28)24-19(26)16-10-25(11(2)23-16)14-8-12(20)7-13(22)9-14/h4-10H,3H2,1-2H3,(H,24,26). The van der Waals surface area contributed by atoms with Crippen molar-refractivity contribution in [1.82, 2.24) is 14.3 Å². The maximum Gasteiger partial charge on any atom is 0.285 e. The van der Waals surface area contributed by atoms with Gasteiger partial charge in [-0.25, -0.2) is 22.5 Å². The van der Waals surface area contributed by atoms with Gasteiger partial charge in [0.25, 0.3) is 15.9 Å². The number of nitrogens with one attached hydrogen (secondary N) is 1. The van der Waals surface area contributed by atoms with Gasteiger partial charge in [-0.05, 0) is 43.0 Å². The van der Waals surface area contributed by atoms with Crippen molar-refractivity contribution in [3.63, 3.8) is 0 Å². The summed E-state index contributed by atoms with van der Waals surface area (Å²) in [5.41, 5.74) is 0.188. The van der Waals surface area contributed by atoms with Gasteiger partial charge in [0.1, 0.15) is 22.2 Å². The maximum atomic E-state index is 13.7. The Kier molecular flexibility index (Phi) is 6.76. The van der Waals surface area contributed by atoms with E-state index in [2.05, 4.69) is 4.98 Å². The highest BCUT2D eigenvalue weighted by Gasteiger charge is 2.26. The van der Waals surface area contributed by atoms with Crippen molar-refractivity contribution in [2.45, 2.75) is 23.6 Å². The van der Waals surface area contributed by atoms with Crippen LogP contribution in [0.25, 0.3) is 5.69 Å². The molecule has 0 atom stereocenters. The van der Waals surface area contributed by atoms with Crippen LogP contribution in [0.3, 0.4) is 0 Å². The summed E-state index contributed by atoms with van der Waals surface area (Å²) in [6, 6.07) is 8.55. The summed E-state index contributed by atoms with van der Waals surface area (Å²) in [4.78, 5) is 17.0. The highest BCUT2D eigenvalue weighted by molar-refractivity contribution is 8.00. The molecule has 1 aromatic heterocycles. The van der Waals surface area contributed by atoms with Crippen molar-refractivity contribution < 1.29 is 17.6 Å². The van der Waals surface area contributed by atoms with Crippen LogP contribution in [0.1, 0.15) is 23.2 Å². The van der Waals surface area contributed by atoms with Crippen LogP contribution in [0.5, 0.6) is 0 Å². The average molecular weight is 488 g/mol. The van der Waals surface area contributed by atoms with Crippen molar-refractivity contribution in [1.29, 1.82) is 0 Å². The second-order valence-electron chi connectivity index (χ2n) is 6.11. The Labute approximate surface area is 187 Å². The van der Waals surface area contributed by atoms with Gasteiger partial charge in [-0.15, -0.1) is 11.8 Å². The van der Waals surface area contributed by atoms with E-state index in [4.69, 9.17) is 23.2 Å². The number of benzene rings is 2. The lowest BCUT2D eigenvalue weighted by atomic mass is 10.3. The second-order valence-corrected chi connectivity index (χ2v) is 9.87. The van der Waals surface area contributed by atoms with Crippen molar-refractivity contribution >= 4 is 50.9 Å². The summed E-state index contributed by atoms with van der Waals surface area (Å²) in [5.74, 6) is -0.527. The largest absolute Gasteiger partial charge is 0.303 e. The Hall–Kier alpha value is -2.07. The zero-order valence-electron chi connectivity index (χ0n) is 15.8. The highest BCUT2D eigenvalue weighted by atomic mass is 35.5. The third kappa shape index (κ3) is 4.80. The van der Waals surface area contributed by atoms with E-state index < -0.39 is 21.7 Å². The number of hydrogen-bond donors (Lipinski definition) is 1. The van der Waals surface area contributed by atoms with Crippen LogP contribution < -0.4 is 4.72 Å². The topological polar surface area (TPSA) is 81.1 Å². The molecule has 0 unspecified atom stereocenters. The quantitative estimate of drug-likeness (QED) is 0.502. The molecule has 0 spiro atoms. The van der Waals surface area contributed by atoms with Crippen LogP contribution >= 0.6 is 35.0 Å². The summed E-state index contributed by atoms with van der Waals surface area (Å²) in [6.45, 7) is 3.46. The molecule has 0 aliphatic heterocycles. The summed E-state index contributed by atoms with van der Waals surface area (Å²) in [6.07, 6.45) is 1.31. The van der Waals surface area contributed by atoms with E-state index in [0.717, 1.165) is 6.07 Å². The molecule has 1 amide bonds. The SMILES string of the molecule is CCSc1cccc(Cl)c1S(=O)(=O)NC(=O)c1cn(-c2cc(F)cc(Cl)c2)c(C)n1. The first-order chi connectivity index (χ1) is 14.1. The molecule has 0 saturated heterocycles. The van der Waals surface area contributed by atoms with E-state index in [0.29, 0.717) is 22.2 Å². The molecule has 0 fully saturated rings. The summed E-state index contributed by atoms with van der Waals surface area (Å²) in [5, 5.41) is 0.177. The van der Waals surface area contributed by atoms with E-state index in [-0.39, 0.29) is 20.6 Å². The van der Waals surface area contributed by atoms with Gasteiger partial charge in [0, 0.05) is 16.1 Å². The van der Waals surface area contributed by atoms with E-state index >= 15 is 0 Å². The smallest absolute Gasteiger partial charge is 0.285 e. The second kappa shape index (κ2) is 8.97. The van der Waals surface area contributed by atoms with E-state index in [9.17, 15) is 17.6 Å². The number of hydrogen-bond acceptors (Lipinski definition) is 5. The molecular weight excluding hydrogens is 472 g/mol. The minimum absolute atomic E-state index is 0.00450. The Morgan fingerprint density at radius 1 is 1.27 bits per heavy atom. The number of aryl methyl sites for hydroxylation is 1. The zero-order valence-corrected chi connectivity index (χ0v) is 19.0. The first-order valence-corrected chi connectivity index (χ1v) is 11.9. The minimum Gasteiger partial charge on any atom is -0.303 e. The summed E-state index contributed by atoms with van der Waals surface area (Å²) < 4.78 is 42.8. The normalized spacial score (nSPS) is 11.5. The van der Waals surface area contributed by atoms with Crippen molar-refractivity contribution in [2.24, 2.45) is 0 Å². The fourth-order valence-corrected chi connectivity index (χ4v) is 5.86. The molecule has 6 nitrogen and oxygen atoms in total. The molecule has 2 aromatic carbocycles. The predicted octanol–water partition coefficient (Wildman–Crippen LogP) is 4.86. The van der Waals surface area contributed by atoms with Crippen LogP contribution in [0.15, 0.2) is 52.4 Å². The summed E-state index contributed by atoms with van der Waals surface area (Å²) in [7, 11) is -4.26. The van der Waals surface area contributed by atoms with Crippen molar-refractivity contribution in [3.05, 3.63) is 70.0 Å². The molecule has 1 heterocycles. The number of imidazole rings is 1. The summed E-state index contributed by atoms with van der Waals surface area (Å²) >= 11 is 13.3. The molecule has 11 heteroatoms. The number of amides is 1. The lowest BCUT2D eigenvalue weighted by Gasteiger charge is -2.11. The number of halogens is 3. The Balaban J connectivity index is 1.94. The molecule has 30 heavy (non-hydrogen) atoms. The van der Waals surface area contributed by atoms with E-state index in [1.807, 2.05) is 11.6 Å². The molecule has 0 radical (unpaired) electrons. The third-order valence-electron chi connectivity index (χ3n) is 3.97. The number of sulfonamides is 1. The van der Waals surface area contributed by atoms with Crippen molar-refractivity contribution in [3.8, 4) is 5.69 Å². The van der Waals surface area contributed by atoms with Crippen LogP contribution in [-0.4, -0.2) is 29.6 Å². The van der Waals surface area contributed by atoms with Crippen LogP contribution in [0.4, 0.5) is 4.39 Å². The van der Waals surface area contributed by atoms with E-state index in [1.165, 1.54) is 40.7 Å². The molecular formula is C19H16Cl2FN3O3S2. The molecule has 3 rings (SSSR count). The lowest BCUT2D eigenvalue weighted by molar-refractivity contribution is 0.0977. The van der Waals surface area contributed by atoms with Gasteiger partial charge < -0.3 is 4.57 Å². The van der Waals surface area contributed by atoms with Crippen LogP contribution in [-0.2, 0) is 10.0 Å². The minimum atomic E-state index is -4.26. The Morgan fingerprint density at radius 2 is 2.00 bits per heavy atom. The monoisotopic (exact) mass is 487 g/mol. The van der Waals surface area contributed by atoms with Gasteiger partial charge >= 0.3 is 0 Å². The van der Waals surface area contributed by atoms with Gasteiger partial charge in [-0.2, -0.15) is 0 Å². The van der Waals surface area contributed by atoms with Gasteiger partial charge in [-0.3, -0.25) is 4.79 Å². The Morgan fingerprint density at radius 3 is 2.67 bits per heavy atom. The van der Waals surface area contributed by atoms with Crippen LogP contribution in [0, 0.1) is 12.7 Å². The maximum absolute atomic E-state index is 13.7. The van der Waals surface area contributed by atoms with Gasteiger partial charge in [0.2, 0.25) is 0 Å². The molecule has 1 N–H and O–H groups in total. The van der Waals surface area contributed by atoms with Gasteiger partial charge in [0.15, 0.2) is 0 Å². The zero-order chi connectivity index (χ0) is 22.1. The first-order valence-electron chi connectivity index (χ1n) is 8.63. The lowest BCUT2D eigenvalue weighted by Crippen LogP contribution is -2.31. The fourth-order valence-electron chi connectivity index (χ4n) is 2.77. The van der Waals surface area contributed by atoms with Crippen LogP contribution in [0.2, 0.25) is 10.0 Å². The first kappa shape index (κ1) is 22.6. The Bertz CT molecular complexity index is 1210. The average Bonchev–Trinajstić information content (AvgIpc) is 3.02. The molecule has 0 bridgehead atoms. The number of carbonyl (C=O) groups is 1. The number of aromatic nitrogens is 2. The van der Waals surface area contributed by atoms with Crippen molar-refractivity contribution in [2.75, 3.05) is 5.75 Å². The number of carbonyl (C=O) groups excluding carboxylic acids is 1. The predicted molar refractivity (Wildman–Crippen MR) is 116 cm³/mol. The molecule has 0 saturated carbocycles. The van der Waals surface area contributed by atoms with Gasteiger partial charge in [-0.1, -0.05) is 36.2 Å². The fraction of sp³-hybridized carbons (Fsp3) is 0.158. The molecule has 0 aliphatic carbocycles. The van der Waals surface area contributed by atoms with Gasteiger partial charge in [0.05, 0.1) is 10.7 Å². The molecule has 3 aromatic rings. The molecule has 0 aliphatic rings.